The molecule has 21 heavy (non-hydrogen) atoms. The Labute approximate surface area is 122 Å². The number of nitrogens with zero attached hydrogens (tertiary/aromatic N) is 1. The van der Waals surface area contributed by atoms with Gasteiger partial charge in [-0.05, 0) is 37.1 Å². The van der Waals surface area contributed by atoms with E-state index in [0.717, 1.165) is 12.0 Å². The number of aliphatic carboxylic acids is 1. The van der Waals surface area contributed by atoms with Crippen LogP contribution in [0.15, 0.2) is 18.2 Å². The number of rotatable bonds is 4. The second kappa shape index (κ2) is 5.91. The molecule has 1 aromatic rings. The number of aliphatic hydroxyl groups is 1. The largest absolute Gasteiger partial charge is 0.486 e. The van der Waals surface area contributed by atoms with E-state index in [0.29, 0.717) is 44.2 Å². The summed E-state index contributed by atoms with van der Waals surface area (Å²) in [4.78, 5) is 13.0. The maximum atomic E-state index is 11.2. The monoisotopic (exact) mass is 293 g/mol. The van der Waals surface area contributed by atoms with Crippen LogP contribution >= 0.6 is 0 Å². The van der Waals surface area contributed by atoms with Gasteiger partial charge >= 0.3 is 5.97 Å². The van der Waals surface area contributed by atoms with Gasteiger partial charge in [-0.25, -0.2) is 0 Å². The fraction of sp³-hybridized carbons (Fsp3) is 0.533. The normalized spacial score (nSPS) is 23.0. The molecule has 0 amide bonds. The first-order chi connectivity index (χ1) is 10.1. The summed E-state index contributed by atoms with van der Waals surface area (Å²) in [5.74, 6) is 0.498. The zero-order chi connectivity index (χ0) is 14.8. The van der Waals surface area contributed by atoms with Gasteiger partial charge in [-0.1, -0.05) is 6.07 Å². The minimum Gasteiger partial charge on any atom is -0.486 e. The van der Waals surface area contributed by atoms with Crippen LogP contribution in [0, 0.1) is 0 Å². The second-order valence-electron chi connectivity index (χ2n) is 5.41. The van der Waals surface area contributed by atoms with Crippen molar-refractivity contribution in [1.82, 2.24) is 4.90 Å². The summed E-state index contributed by atoms with van der Waals surface area (Å²) in [6.45, 7) is 2.05. The van der Waals surface area contributed by atoms with Gasteiger partial charge in [-0.3, -0.25) is 9.69 Å². The third-order valence-electron chi connectivity index (χ3n) is 4.01. The standard InChI is InChI=1S/C15H19NO5/c17-12(9-16-5-1-2-11(16)15(18)19)10-3-4-13-14(8-10)21-7-6-20-13/h3-4,8,11-12,17H,1-2,5-7,9H2,(H,18,19). The Bertz CT molecular complexity index is 533. The molecule has 3 rings (SSSR count). The quantitative estimate of drug-likeness (QED) is 0.863. The van der Waals surface area contributed by atoms with Gasteiger partial charge < -0.3 is 19.7 Å². The number of hydrogen-bond acceptors (Lipinski definition) is 5. The number of carbonyl (C=O) groups is 1. The van der Waals surface area contributed by atoms with E-state index in [-0.39, 0.29) is 0 Å². The maximum absolute atomic E-state index is 11.2. The Morgan fingerprint density at radius 2 is 2.10 bits per heavy atom. The van der Waals surface area contributed by atoms with E-state index in [1.165, 1.54) is 0 Å². The minimum absolute atomic E-state index is 0.316. The van der Waals surface area contributed by atoms with Crippen LogP contribution in [-0.4, -0.2) is 53.4 Å². The first-order valence-corrected chi connectivity index (χ1v) is 7.19. The molecular weight excluding hydrogens is 274 g/mol. The lowest BCUT2D eigenvalue weighted by atomic mass is 10.1. The lowest BCUT2D eigenvalue weighted by molar-refractivity contribution is -0.142. The Balaban J connectivity index is 1.70. The Hall–Kier alpha value is -1.79. The molecule has 1 fully saturated rings. The number of β-amino-alcohol motifs (C(OH)–C–C–N with tert-alkyl or cyclic N) is 1. The van der Waals surface area contributed by atoms with Gasteiger partial charge in [0, 0.05) is 6.54 Å². The van der Waals surface area contributed by atoms with Crippen LogP contribution in [0.25, 0.3) is 0 Å². The highest BCUT2D eigenvalue weighted by molar-refractivity contribution is 5.73. The van der Waals surface area contributed by atoms with Crippen molar-refractivity contribution in [3.8, 4) is 11.5 Å². The molecule has 2 atom stereocenters. The van der Waals surface area contributed by atoms with Crippen LogP contribution in [-0.2, 0) is 4.79 Å². The van der Waals surface area contributed by atoms with Gasteiger partial charge in [0.15, 0.2) is 11.5 Å². The molecule has 0 bridgehead atoms. The first-order valence-electron chi connectivity index (χ1n) is 7.19. The van der Waals surface area contributed by atoms with Crippen molar-refractivity contribution >= 4 is 5.97 Å². The summed E-state index contributed by atoms with van der Waals surface area (Å²) in [5.41, 5.74) is 0.718. The van der Waals surface area contributed by atoms with E-state index in [1.54, 1.807) is 18.2 Å². The van der Waals surface area contributed by atoms with Crippen LogP contribution in [0.5, 0.6) is 11.5 Å². The van der Waals surface area contributed by atoms with Crippen molar-refractivity contribution in [2.45, 2.75) is 25.0 Å². The molecule has 1 aromatic carbocycles. The molecule has 6 nitrogen and oxygen atoms in total. The van der Waals surface area contributed by atoms with Crippen LogP contribution in [0.4, 0.5) is 0 Å². The maximum Gasteiger partial charge on any atom is 0.320 e. The molecule has 0 aliphatic carbocycles. The number of fused-ring (bicyclic) bond motifs is 1. The zero-order valence-electron chi connectivity index (χ0n) is 11.7. The highest BCUT2D eigenvalue weighted by atomic mass is 16.6. The lowest BCUT2D eigenvalue weighted by Crippen LogP contribution is -2.38. The van der Waals surface area contributed by atoms with Crippen molar-refractivity contribution < 1.29 is 24.5 Å². The van der Waals surface area contributed by atoms with E-state index >= 15 is 0 Å². The van der Waals surface area contributed by atoms with Gasteiger partial charge in [0.1, 0.15) is 19.3 Å². The fourth-order valence-corrected chi connectivity index (χ4v) is 2.92. The summed E-state index contributed by atoms with van der Waals surface area (Å²) in [7, 11) is 0. The van der Waals surface area contributed by atoms with E-state index in [1.807, 2.05) is 4.90 Å². The molecule has 2 unspecified atom stereocenters. The van der Waals surface area contributed by atoms with Crippen molar-refractivity contribution in [3.05, 3.63) is 23.8 Å². The average molecular weight is 293 g/mol. The van der Waals surface area contributed by atoms with Crippen LogP contribution in [0.1, 0.15) is 24.5 Å². The Kier molecular flexibility index (Phi) is 3.98. The molecule has 114 valence electrons. The molecule has 6 heteroatoms. The van der Waals surface area contributed by atoms with E-state index in [2.05, 4.69) is 0 Å². The summed E-state index contributed by atoms with van der Waals surface area (Å²) in [5, 5.41) is 19.5. The molecule has 0 aromatic heterocycles. The smallest absolute Gasteiger partial charge is 0.320 e. The van der Waals surface area contributed by atoms with Crippen molar-refractivity contribution in [2.75, 3.05) is 26.3 Å². The second-order valence-corrected chi connectivity index (χ2v) is 5.41. The summed E-state index contributed by atoms with van der Waals surface area (Å²) in [6, 6.07) is 4.86. The number of benzene rings is 1. The van der Waals surface area contributed by atoms with Crippen LogP contribution in [0.3, 0.4) is 0 Å². The predicted molar refractivity (Wildman–Crippen MR) is 74.6 cm³/mol. The van der Waals surface area contributed by atoms with Gasteiger partial charge in [-0.15, -0.1) is 0 Å². The number of hydrogen-bond donors (Lipinski definition) is 2. The lowest BCUT2D eigenvalue weighted by Gasteiger charge is -2.25. The minimum atomic E-state index is -0.818. The van der Waals surface area contributed by atoms with Crippen LogP contribution < -0.4 is 9.47 Å². The van der Waals surface area contributed by atoms with Crippen molar-refractivity contribution in [2.24, 2.45) is 0 Å². The van der Waals surface area contributed by atoms with Gasteiger partial charge in [0.05, 0.1) is 6.10 Å². The van der Waals surface area contributed by atoms with Gasteiger partial charge in [0.2, 0.25) is 0 Å². The molecule has 2 N–H and O–H groups in total. The van der Waals surface area contributed by atoms with E-state index in [9.17, 15) is 9.90 Å². The van der Waals surface area contributed by atoms with E-state index < -0.39 is 18.1 Å². The SMILES string of the molecule is O=C(O)C1CCCN1CC(O)c1ccc2c(c1)OCCO2. The fourth-order valence-electron chi connectivity index (χ4n) is 2.92. The predicted octanol–water partition coefficient (Wildman–Crippen LogP) is 1.04. The molecule has 0 saturated carbocycles. The summed E-state index contributed by atoms with van der Waals surface area (Å²) in [6.07, 6.45) is 0.759. The molecule has 0 radical (unpaired) electrons. The topological polar surface area (TPSA) is 79.2 Å². The summed E-state index contributed by atoms with van der Waals surface area (Å²) < 4.78 is 10.9. The Morgan fingerprint density at radius 1 is 1.33 bits per heavy atom. The summed E-state index contributed by atoms with van der Waals surface area (Å²) >= 11 is 0. The average Bonchev–Trinajstić information content (AvgIpc) is 2.95. The molecule has 2 aliphatic rings. The highest BCUT2D eigenvalue weighted by Crippen LogP contribution is 2.33. The number of aliphatic hydroxyl groups excluding tert-OH is 1. The Morgan fingerprint density at radius 3 is 2.86 bits per heavy atom. The highest BCUT2D eigenvalue weighted by Gasteiger charge is 2.32. The third-order valence-corrected chi connectivity index (χ3v) is 4.01. The van der Waals surface area contributed by atoms with Gasteiger partial charge in [0.25, 0.3) is 0 Å². The first kappa shape index (κ1) is 14.2. The van der Waals surface area contributed by atoms with E-state index in [4.69, 9.17) is 14.6 Å². The van der Waals surface area contributed by atoms with Crippen LogP contribution in [0.2, 0.25) is 0 Å². The number of likely N-dealkylation sites (tertiary alicyclic amines) is 1. The number of ether oxygens (including phenoxy) is 2. The third kappa shape index (κ3) is 2.96. The van der Waals surface area contributed by atoms with Gasteiger partial charge in [-0.2, -0.15) is 0 Å². The molecule has 1 saturated heterocycles. The number of carboxylic acids is 1. The zero-order valence-corrected chi connectivity index (χ0v) is 11.7. The molecule has 0 spiro atoms. The van der Waals surface area contributed by atoms with Crippen molar-refractivity contribution in [3.63, 3.8) is 0 Å². The molecular formula is C15H19NO5. The molecule has 2 heterocycles. The molecule has 2 aliphatic heterocycles. The van der Waals surface area contributed by atoms with Crippen molar-refractivity contribution in [1.29, 1.82) is 0 Å². The number of carboxylic acid groups (broad SMARTS) is 1.